The van der Waals surface area contributed by atoms with Crippen LogP contribution < -0.4 is 5.73 Å². The molecular formula is C9H12BrN5. The quantitative estimate of drug-likeness (QED) is 0.895. The molecule has 0 spiro atoms. The third-order valence-corrected chi connectivity index (χ3v) is 2.98. The summed E-state index contributed by atoms with van der Waals surface area (Å²) in [5.41, 5.74) is 8.50. The number of rotatable bonds is 2. The molecule has 80 valence electrons. The van der Waals surface area contributed by atoms with Crippen LogP contribution in [-0.4, -0.2) is 19.6 Å². The number of hydrogen-bond acceptors (Lipinski definition) is 3. The lowest BCUT2D eigenvalue weighted by Gasteiger charge is -2.02. The van der Waals surface area contributed by atoms with Crippen molar-refractivity contribution in [3.63, 3.8) is 0 Å². The van der Waals surface area contributed by atoms with Crippen molar-refractivity contribution in [2.24, 2.45) is 7.05 Å². The molecule has 0 saturated heterocycles. The number of hydrogen-bond donors (Lipinski definition) is 1. The summed E-state index contributed by atoms with van der Waals surface area (Å²) in [6.45, 7) is 2.63. The Balaban J connectivity index is 2.29. The highest BCUT2D eigenvalue weighted by molar-refractivity contribution is 9.10. The Labute approximate surface area is 96.0 Å². The van der Waals surface area contributed by atoms with Gasteiger partial charge in [0, 0.05) is 18.8 Å². The molecule has 0 radical (unpaired) electrons. The van der Waals surface area contributed by atoms with E-state index in [1.54, 1.807) is 10.9 Å². The average Bonchev–Trinajstić information content (AvgIpc) is 2.64. The molecule has 5 nitrogen and oxygen atoms in total. The van der Waals surface area contributed by atoms with Gasteiger partial charge < -0.3 is 5.73 Å². The van der Waals surface area contributed by atoms with Gasteiger partial charge in [-0.1, -0.05) is 0 Å². The van der Waals surface area contributed by atoms with E-state index in [0.717, 1.165) is 21.5 Å². The number of nitrogens with two attached hydrogens (primary N) is 1. The largest absolute Gasteiger partial charge is 0.396 e. The molecular weight excluding hydrogens is 258 g/mol. The van der Waals surface area contributed by atoms with Gasteiger partial charge in [-0.15, -0.1) is 0 Å². The SMILES string of the molecule is Cc1c(N)cnn1Cc1cn(C)nc1Br. The first-order valence-electron chi connectivity index (χ1n) is 4.54. The maximum Gasteiger partial charge on any atom is 0.133 e. The van der Waals surface area contributed by atoms with E-state index < -0.39 is 0 Å². The minimum absolute atomic E-state index is 0.678. The van der Waals surface area contributed by atoms with E-state index in [-0.39, 0.29) is 0 Å². The summed E-state index contributed by atoms with van der Waals surface area (Å²) >= 11 is 3.40. The van der Waals surface area contributed by atoms with E-state index in [0.29, 0.717) is 6.54 Å². The topological polar surface area (TPSA) is 61.7 Å². The van der Waals surface area contributed by atoms with Gasteiger partial charge in [-0.05, 0) is 22.9 Å². The summed E-state index contributed by atoms with van der Waals surface area (Å²) in [5.74, 6) is 0. The Morgan fingerprint density at radius 2 is 2.27 bits per heavy atom. The third-order valence-electron chi connectivity index (χ3n) is 2.31. The lowest BCUT2D eigenvalue weighted by molar-refractivity contribution is 0.663. The summed E-state index contributed by atoms with van der Waals surface area (Å²) in [5, 5.41) is 8.40. The van der Waals surface area contributed by atoms with Crippen LogP contribution in [-0.2, 0) is 13.6 Å². The van der Waals surface area contributed by atoms with Crippen LogP contribution in [0.25, 0.3) is 0 Å². The first kappa shape index (κ1) is 10.2. The number of nitrogens with zero attached hydrogens (tertiary/aromatic N) is 4. The maximum atomic E-state index is 5.72. The van der Waals surface area contributed by atoms with Gasteiger partial charge in [-0.3, -0.25) is 9.36 Å². The molecule has 0 atom stereocenters. The van der Waals surface area contributed by atoms with Crippen LogP contribution in [0.15, 0.2) is 17.0 Å². The van der Waals surface area contributed by atoms with E-state index >= 15 is 0 Å². The van der Waals surface area contributed by atoms with Crippen molar-refractivity contribution in [2.45, 2.75) is 13.5 Å². The Morgan fingerprint density at radius 3 is 2.73 bits per heavy atom. The fourth-order valence-electron chi connectivity index (χ4n) is 1.40. The molecule has 6 heteroatoms. The Kier molecular flexibility index (Phi) is 2.52. The summed E-state index contributed by atoms with van der Waals surface area (Å²) in [4.78, 5) is 0. The van der Waals surface area contributed by atoms with Gasteiger partial charge in [0.2, 0.25) is 0 Å². The summed E-state index contributed by atoms with van der Waals surface area (Å²) in [7, 11) is 1.89. The Morgan fingerprint density at radius 1 is 1.53 bits per heavy atom. The summed E-state index contributed by atoms with van der Waals surface area (Å²) in [6.07, 6.45) is 3.63. The second-order valence-electron chi connectivity index (χ2n) is 3.46. The molecule has 0 aliphatic heterocycles. The van der Waals surface area contributed by atoms with Crippen molar-refractivity contribution < 1.29 is 0 Å². The van der Waals surface area contributed by atoms with E-state index in [1.165, 1.54) is 0 Å². The van der Waals surface area contributed by atoms with Crippen molar-refractivity contribution in [3.8, 4) is 0 Å². The van der Waals surface area contributed by atoms with Crippen molar-refractivity contribution in [3.05, 3.63) is 28.3 Å². The van der Waals surface area contributed by atoms with Gasteiger partial charge in [-0.2, -0.15) is 10.2 Å². The predicted octanol–water partition coefficient (Wildman–Crippen LogP) is 1.32. The minimum atomic E-state index is 0.678. The zero-order valence-electron chi connectivity index (χ0n) is 8.61. The van der Waals surface area contributed by atoms with Gasteiger partial charge in [0.15, 0.2) is 0 Å². The van der Waals surface area contributed by atoms with Crippen molar-refractivity contribution in [2.75, 3.05) is 5.73 Å². The molecule has 0 unspecified atom stereocenters. The fraction of sp³-hybridized carbons (Fsp3) is 0.333. The van der Waals surface area contributed by atoms with Crippen LogP contribution >= 0.6 is 15.9 Å². The molecule has 2 aromatic heterocycles. The monoisotopic (exact) mass is 269 g/mol. The lowest BCUT2D eigenvalue weighted by Crippen LogP contribution is -2.04. The van der Waals surface area contributed by atoms with Crippen molar-refractivity contribution in [1.29, 1.82) is 0 Å². The lowest BCUT2D eigenvalue weighted by atomic mass is 10.3. The Bertz CT molecular complexity index is 485. The molecule has 0 aliphatic carbocycles. The van der Waals surface area contributed by atoms with E-state index in [2.05, 4.69) is 26.1 Å². The molecule has 2 N–H and O–H groups in total. The number of anilines is 1. The van der Waals surface area contributed by atoms with Crippen LogP contribution in [0, 0.1) is 6.92 Å². The van der Waals surface area contributed by atoms with E-state index in [1.807, 2.05) is 24.9 Å². The minimum Gasteiger partial charge on any atom is -0.396 e. The van der Waals surface area contributed by atoms with Gasteiger partial charge in [0.25, 0.3) is 0 Å². The number of aromatic nitrogens is 4. The standard InChI is InChI=1S/C9H12BrN5/c1-6-8(11)3-12-15(6)5-7-4-14(2)13-9(7)10/h3-4H,5,11H2,1-2H3. The summed E-state index contributed by atoms with van der Waals surface area (Å²) < 4.78 is 4.47. The van der Waals surface area contributed by atoms with E-state index in [9.17, 15) is 0 Å². The zero-order chi connectivity index (χ0) is 11.0. The highest BCUT2D eigenvalue weighted by Crippen LogP contribution is 2.17. The molecule has 0 aliphatic rings. The number of aryl methyl sites for hydroxylation is 1. The molecule has 2 heterocycles. The van der Waals surface area contributed by atoms with Gasteiger partial charge in [0.05, 0.1) is 24.1 Å². The van der Waals surface area contributed by atoms with E-state index in [4.69, 9.17) is 5.73 Å². The molecule has 15 heavy (non-hydrogen) atoms. The summed E-state index contributed by atoms with van der Waals surface area (Å²) in [6, 6.07) is 0. The first-order chi connectivity index (χ1) is 7.08. The fourth-order valence-corrected chi connectivity index (χ4v) is 1.88. The van der Waals surface area contributed by atoms with Crippen LogP contribution in [0.5, 0.6) is 0 Å². The highest BCUT2D eigenvalue weighted by atomic mass is 79.9. The number of halogens is 1. The molecule has 0 fully saturated rings. The Hall–Kier alpha value is -1.30. The predicted molar refractivity (Wildman–Crippen MR) is 61.4 cm³/mol. The highest BCUT2D eigenvalue weighted by Gasteiger charge is 2.08. The van der Waals surface area contributed by atoms with Crippen LogP contribution in [0.3, 0.4) is 0 Å². The van der Waals surface area contributed by atoms with Gasteiger partial charge in [-0.25, -0.2) is 0 Å². The van der Waals surface area contributed by atoms with Crippen LogP contribution in [0.2, 0.25) is 0 Å². The molecule has 0 saturated carbocycles. The maximum absolute atomic E-state index is 5.72. The first-order valence-corrected chi connectivity index (χ1v) is 5.33. The zero-order valence-corrected chi connectivity index (χ0v) is 10.2. The van der Waals surface area contributed by atoms with Crippen LogP contribution in [0.1, 0.15) is 11.3 Å². The van der Waals surface area contributed by atoms with Crippen LogP contribution in [0.4, 0.5) is 5.69 Å². The number of nitrogen functional groups attached to an aromatic ring is 1. The third kappa shape index (κ3) is 1.90. The molecule has 2 rings (SSSR count). The molecule has 0 amide bonds. The smallest absolute Gasteiger partial charge is 0.133 e. The second-order valence-corrected chi connectivity index (χ2v) is 4.21. The average molecular weight is 270 g/mol. The molecule has 0 aromatic carbocycles. The van der Waals surface area contributed by atoms with Gasteiger partial charge in [0.1, 0.15) is 4.60 Å². The molecule has 2 aromatic rings. The second kappa shape index (κ2) is 3.69. The van der Waals surface area contributed by atoms with Crippen molar-refractivity contribution >= 4 is 21.6 Å². The molecule has 0 bridgehead atoms. The normalized spacial score (nSPS) is 10.9. The van der Waals surface area contributed by atoms with Crippen molar-refractivity contribution in [1.82, 2.24) is 19.6 Å². The van der Waals surface area contributed by atoms with Gasteiger partial charge >= 0.3 is 0 Å².